The van der Waals surface area contributed by atoms with Gasteiger partial charge in [-0.3, -0.25) is 10.1 Å². The number of rotatable bonds is 3. The van der Waals surface area contributed by atoms with Gasteiger partial charge in [-0.05, 0) is 31.2 Å². The molecule has 0 aliphatic carbocycles. The average molecular weight is 340 g/mol. The van der Waals surface area contributed by atoms with Gasteiger partial charge in [-0.25, -0.2) is 4.79 Å². The van der Waals surface area contributed by atoms with Crippen LogP contribution in [0.5, 0.6) is 0 Å². The summed E-state index contributed by atoms with van der Waals surface area (Å²) >= 11 is 11.8. The number of anilines is 2. The van der Waals surface area contributed by atoms with E-state index in [9.17, 15) is 14.9 Å². The summed E-state index contributed by atoms with van der Waals surface area (Å²) in [4.78, 5) is 22.3. The zero-order valence-corrected chi connectivity index (χ0v) is 12.9. The van der Waals surface area contributed by atoms with E-state index in [0.717, 1.165) is 0 Å². The molecular formula is C14H11Cl2N3O3. The highest BCUT2D eigenvalue weighted by atomic mass is 35.5. The second-order valence-electron chi connectivity index (χ2n) is 4.46. The summed E-state index contributed by atoms with van der Waals surface area (Å²) in [6.07, 6.45) is 0. The summed E-state index contributed by atoms with van der Waals surface area (Å²) in [6, 6.07) is 8.48. The molecule has 0 aliphatic rings. The van der Waals surface area contributed by atoms with Crippen LogP contribution < -0.4 is 10.6 Å². The Morgan fingerprint density at radius 3 is 2.55 bits per heavy atom. The summed E-state index contributed by atoms with van der Waals surface area (Å²) in [5, 5.41) is 16.7. The zero-order valence-electron chi connectivity index (χ0n) is 11.4. The third-order valence-electron chi connectivity index (χ3n) is 2.84. The van der Waals surface area contributed by atoms with Crippen LogP contribution in [0.4, 0.5) is 21.9 Å². The van der Waals surface area contributed by atoms with Crippen molar-refractivity contribution in [2.75, 3.05) is 10.6 Å². The number of hydrogen-bond donors (Lipinski definition) is 2. The molecule has 0 unspecified atom stereocenters. The highest BCUT2D eigenvalue weighted by Gasteiger charge is 2.13. The molecule has 0 bridgehead atoms. The van der Waals surface area contributed by atoms with Crippen molar-refractivity contribution in [2.45, 2.75) is 6.92 Å². The van der Waals surface area contributed by atoms with Crippen LogP contribution in [0.1, 0.15) is 5.56 Å². The minimum atomic E-state index is -0.581. The molecule has 2 aromatic rings. The van der Waals surface area contributed by atoms with Crippen molar-refractivity contribution in [3.63, 3.8) is 0 Å². The molecule has 0 heterocycles. The van der Waals surface area contributed by atoms with E-state index in [0.29, 0.717) is 27.0 Å². The van der Waals surface area contributed by atoms with Crippen LogP contribution >= 0.6 is 23.2 Å². The van der Waals surface area contributed by atoms with Gasteiger partial charge < -0.3 is 10.6 Å². The van der Waals surface area contributed by atoms with Crippen LogP contribution in [0.2, 0.25) is 10.0 Å². The van der Waals surface area contributed by atoms with E-state index in [1.807, 2.05) is 0 Å². The van der Waals surface area contributed by atoms with Gasteiger partial charge >= 0.3 is 6.03 Å². The Balaban J connectivity index is 2.14. The molecule has 22 heavy (non-hydrogen) atoms. The third-order valence-corrected chi connectivity index (χ3v) is 3.40. The second kappa shape index (κ2) is 6.64. The monoisotopic (exact) mass is 339 g/mol. The number of carbonyl (C=O) groups excluding carboxylic acids is 1. The van der Waals surface area contributed by atoms with Gasteiger partial charge in [0, 0.05) is 22.3 Å². The zero-order chi connectivity index (χ0) is 16.3. The first-order valence-electron chi connectivity index (χ1n) is 6.15. The van der Waals surface area contributed by atoms with E-state index >= 15 is 0 Å². The maximum Gasteiger partial charge on any atom is 0.323 e. The fourth-order valence-electron chi connectivity index (χ4n) is 1.76. The van der Waals surface area contributed by atoms with E-state index in [2.05, 4.69) is 10.6 Å². The largest absolute Gasteiger partial charge is 0.323 e. The van der Waals surface area contributed by atoms with Gasteiger partial charge in [-0.1, -0.05) is 29.3 Å². The lowest BCUT2D eigenvalue weighted by Crippen LogP contribution is -2.19. The molecule has 0 atom stereocenters. The fraction of sp³-hybridized carbons (Fsp3) is 0.0714. The van der Waals surface area contributed by atoms with E-state index in [-0.39, 0.29) is 5.69 Å². The van der Waals surface area contributed by atoms with Crippen molar-refractivity contribution in [1.29, 1.82) is 0 Å². The van der Waals surface area contributed by atoms with Gasteiger partial charge in [0.15, 0.2) is 0 Å². The van der Waals surface area contributed by atoms with Gasteiger partial charge in [0.2, 0.25) is 0 Å². The van der Waals surface area contributed by atoms with Gasteiger partial charge in [-0.15, -0.1) is 0 Å². The molecule has 2 rings (SSSR count). The standard InChI is InChI=1S/C14H11Cl2N3O3/c1-8-2-4-10(7-13(8)19(21)22)17-14(20)18-12-6-9(15)3-5-11(12)16/h2-7H,1H3,(H2,17,18,20). The molecule has 114 valence electrons. The molecule has 0 saturated carbocycles. The molecular weight excluding hydrogens is 329 g/mol. The summed E-state index contributed by atoms with van der Waals surface area (Å²) in [6.45, 7) is 1.62. The molecule has 2 amide bonds. The van der Waals surface area contributed by atoms with Crippen molar-refractivity contribution in [1.82, 2.24) is 0 Å². The van der Waals surface area contributed by atoms with E-state index in [1.54, 1.807) is 31.2 Å². The van der Waals surface area contributed by atoms with Gasteiger partial charge in [-0.2, -0.15) is 0 Å². The lowest BCUT2D eigenvalue weighted by Gasteiger charge is -2.09. The first kappa shape index (κ1) is 16.1. The van der Waals surface area contributed by atoms with Crippen molar-refractivity contribution < 1.29 is 9.72 Å². The van der Waals surface area contributed by atoms with Crippen molar-refractivity contribution >= 4 is 46.3 Å². The molecule has 0 spiro atoms. The number of nitro groups is 1. The lowest BCUT2D eigenvalue weighted by molar-refractivity contribution is -0.385. The maximum atomic E-state index is 11.9. The predicted octanol–water partition coefficient (Wildman–Crippen LogP) is 4.85. The second-order valence-corrected chi connectivity index (χ2v) is 5.31. The number of carbonyl (C=O) groups is 1. The molecule has 0 aliphatic heterocycles. The molecule has 2 aromatic carbocycles. The van der Waals surface area contributed by atoms with Crippen LogP contribution in [0.25, 0.3) is 0 Å². The number of amides is 2. The van der Waals surface area contributed by atoms with Gasteiger partial charge in [0.25, 0.3) is 5.69 Å². The van der Waals surface area contributed by atoms with E-state index in [4.69, 9.17) is 23.2 Å². The molecule has 2 N–H and O–H groups in total. The summed E-state index contributed by atoms with van der Waals surface area (Å²) in [5.41, 5.74) is 1.08. The summed E-state index contributed by atoms with van der Waals surface area (Å²) in [5.74, 6) is 0. The number of hydrogen-bond acceptors (Lipinski definition) is 3. The van der Waals surface area contributed by atoms with Crippen LogP contribution in [0.15, 0.2) is 36.4 Å². The normalized spacial score (nSPS) is 10.1. The Bertz CT molecular complexity index is 750. The fourth-order valence-corrected chi connectivity index (χ4v) is 2.10. The Labute approximate surface area is 136 Å². The third kappa shape index (κ3) is 3.87. The highest BCUT2D eigenvalue weighted by Crippen LogP contribution is 2.26. The van der Waals surface area contributed by atoms with Crippen molar-refractivity contribution in [2.24, 2.45) is 0 Å². The number of benzene rings is 2. The molecule has 0 radical (unpaired) electrons. The SMILES string of the molecule is Cc1ccc(NC(=O)Nc2cc(Cl)ccc2Cl)cc1[N+](=O)[O-]. The summed E-state index contributed by atoms with van der Waals surface area (Å²) in [7, 11) is 0. The van der Waals surface area contributed by atoms with Crippen LogP contribution in [-0.2, 0) is 0 Å². The Kier molecular flexibility index (Phi) is 4.85. The van der Waals surface area contributed by atoms with Gasteiger partial charge in [0.05, 0.1) is 15.6 Å². The predicted molar refractivity (Wildman–Crippen MR) is 86.9 cm³/mol. The average Bonchev–Trinajstić information content (AvgIpc) is 2.44. The Morgan fingerprint density at radius 1 is 1.14 bits per heavy atom. The quantitative estimate of drug-likeness (QED) is 0.618. The number of nitrogens with one attached hydrogen (secondary N) is 2. The van der Waals surface area contributed by atoms with Crippen LogP contribution in [0.3, 0.4) is 0 Å². The maximum absolute atomic E-state index is 11.9. The lowest BCUT2D eigenvalue weighted by atomic mass is 10.2. The molecule has 6 nitrogen and oxygen atoms in total. The molecule has 0 saturated heterocycles. The van der Waals surface area contributed by atoms with Crippen molar-refractivity contribution in [3.05, 3.63) is 62.1 Å². The first-order chi connectivity index (χ1) is 10.4. The van der Waals surface area contributed by atoms with Gasteiger partial charge in [0.1, 0.15) is 0 Å². The van der Waals surface area contributed by atoms with Crippen molar-refractivity contribution in [3.8, 4) is 0 Å². The minimum Gasteiger partial charge on any atom is -0.307 e. The number of aryl methyl sites for hydroxylation is 1. The number of nitrogens with zero attached hydrogens (tertiary/aromatic N) is 1. The molecule has 0 aromatic heterocycles. The topological polar surface area (TPSA) is 84.3 Å². The Hall–Kier alpha value is -2.31. The first-order valence-corrected chi connectivity index (χ1v) is 6.90. The smallest absolute Gasteiger partial charge is 0.307 e. The van der Waals surface area contributed by atoms with Crippen LogP contribution in [-0.4, -0.2) is 11.0 Å². The highest BCUT2D eigenvalue weighted by molar-refractivity contribution is 6.35. The molecule has 0 fully saturated rings. The summed E-state index contributed by atoms with van der Waals surface area (Å²) < 4.78 is 0. The Morgan fingerprint density at radius 2 is 1.86 bits per heavy atom. The van der Waals surface area contributed by atoms with E-state index in [1.165, 1.54) is 12.1 Å². The van der Waals surface area contributed by atoms with E-state index < -0.39 is 11.0 Å². The van der Waals surface area contributed by atoms with Crippen LogP contribution in [0, 0.1) is 17.0 Å². The number of urea groups is 1. The minimum absolute atomic E-state index is 0.0708. The number of halogens is 2. The molecule has 8 heteroatoms. The number of nitro benzene ring substituents is 1.